The van der Waals surface area contributed by atoms with Gasteiger partial charge in [-0.15, -0.1) is 0 Å². The summed E-state index contributed by atoms with van der Waals surface area (Å²) in [5.41, 5.74) is 1.37. The van der Waals surface area contributed by atoms with Crippen molar-refractivity contribution < 1.29 is 4.79 Å². The third-order valence-electron chi connectivity index (χ3n) is 2.30. The standard InChI is InChI=1S/C13H22N4O/c1-10(2)16-13(18)12-6-5-11(9-15-12)14-7-8-17(3)4/h5-6,9-10,14H,7-8H2,1-4H3,(H,16,18). The molecule has 1 aromatic heterocycles. The Morgan fingerprint density at radius 2 is 2.11 bits per heavy atom. The zero-order valence-electron chi connectivity index (χ0n) is 11.5. The number of likely N-dealkylation sites (N-methyl/N-ethyl adjacent to an activating group) is 1. The van der Waals surface area contributed by atoms with Gasteiger partial charge in [-0.2, -0.15) is 0 Å². The second-order valence-corrected chi connectivity index (χ2v) is 4.79. The van der Waals surface area contributed by atoms with E-state index in [9.17, 15) is 4.79 Å². The number of anilines is 1. The van der Waals surface area contributed by atoms with E-state index >= 15 is 0 Å². The lowest BCUT2D eigenvalue weighted by Gasteiger charge is -2.11. The van der Waals surface area contributed by atoms with Gasteiger partial charge in [-0.05, 0) is 40.1 Å². The molecule has 0 fully saturated rings. The fraction of sp³-hybridized carbons (Fsp3) is 0.538. The zero-order valence-corrected chi connectivity index (χ0v) is 11.5. The van der Waals surface area contributed by atoms with Crippen LogP contribution in [0.25, 0.3) is 0 Å². The van der Waals surface area contributed by atoms with Crippen molar-refractivity contribution >= 4 is 11.6 Å². The Balaban J connectivity index is 2.49. The minimum absolute atomic E-state index is 0.122. The lowest BCUT2D eigenvalue weighted by Crippen LogP contribution is -2.30. The topological polar surface area (TPSA) is 57.3 Å². The molecule has 0 aliphatic heterocycles. The first-order valence-electron chi connectivity index (χ1n) is 6.14. The SMILES string of the molecule is CC(C)NC(=O)c1ccc(NCCN(C)C)cn1. The monoisotopic (exact) mass is 250 g/mol. The molecule has 0 atom stereocenters. The second-order valence-electron chi connectivity index (χ2n) is 4.79. The molecule has 1 rings (SSSR count). The molecule has 0 aliphatic carbocycles. The summed E-state index contributed by atoms with van der Waals surface area (Å²) in [4.78, 5) is 17.9. The van der Waals surface area contributed by atoms with Crippen LogP contribution in [0, 0.1) is 0 Å². The normalized spacial score (nSPS) is 10.8. The molecular formula is C13H22N4O. The smallest absolute Gasteiger partial charge is 0.270 e. The Labute approximate surface area is 109 Å². The molecule has 0 radical (unpaired) electrons. The number of nitrogens with zero attached hydrogens (tertiary/aromatic N) is 2. The Hall–Kier alpha value is -1.62. The third-order valence-corrected chi connectivity index (χ3v) is 2.30. The molecular weight excluding hydrogens is 228 g/mol. The van der Waals surface area contributed by atoms with Crippen molar-refractivity contribution in [2.75, 3.05) is 32.5 Å². The summed E-state index contributed by atoms with van der Waals surface area (Å²) in [7, 11) is 4.05. The number of amides is 1. The third kappa shape index (κ3) is 5.14. The van der Waals surface area contributed by atoms with Crippen molar-refractivity contribution in [1.82, 2.24) is 15.2 Å². The fourth-order valence-electron chi connectivity index (χ4n) is 1.39. The first-order chi connectivity index (χ1) is 8.49. The number of carbonyl (C=O) groups excluding carboxylic acids is 1. The minimum atomic E-state index is -0.134. The van der Waals surface area contributed by atoms with E-state index in [1.165, 1.54) is 0 Å². The maximum Gasteiger partial charge on any atom is 0.270 e. The molecule has 0 aromatic carbocycles. The van der Waals surface area contributed by atoms with Crippen molar-refractivity contribution in [2.45, 2.75) is 19.9 Å². The van der Waals surface area contributed by atoms with E-state index in [0.29, 0.717) is 5.69 Å². The van der Waals surface area contributed by atoms with Gasteiger partial charge in [0.1, 0.15) is 5.69 Å². The van der Waals surface area contributed by atoms with Crippen LogP contribution in [0.4, 0.5) is 5.69 Å². The number of hydrogen-bond donors (Lipinski definition) is 2. The van der Waals surface area contributed by atoms with E-state index in [4.69, 9.17) is 0 Å². The highest BCUT2D eigenvalue weighted by Crippen LogP contribution is 2.05. The Morgan fingerprint density at radius 1 is 1.39 bits per heavy atom. The van der Waals surface area contributed by atoms with Gasteiger partial charge >= 0.3 is 0 Å². The van der Waals surface area contributed by atoms with Gasteiger partial charge in [0, 0.05) is 19.1 Å². The Bertz CT molecular complexity index is 373. The fourth-order valence-corrected chi connectivity index (χ4v) is 1.39. The highest BCUT2D eigenvalue weighted by molar-refractivity contribution is 5.92. The van der Waals surface area contributed by atoms with Crippen LogP contribution in [-0.2, 0) is 0 Å². The van der Waals surface area contributed by atoms with Gasteiger partial charge in [-0.1, -0.05) is 0 Å². The predicted molar refractivity (Wildman–Crippen MR) is 73.9 cm³/mol. The van der Waals surface area contributed by atoms with Crippen LogP contribution in [0.5, 0.6) is 0 Å². The Kier molecular flexibility index (Phi) is 5.58. The number of nitrogens with one attached hydrogen (secondary N) is 2. The van der Waals surface area contributed by atoms with Gasteiger partial charge in [0.05, 0.1) is 11.9 Å². The molecule has 1 amide bonds. The lowest BCUT2D eigenvalue weighted by molar-refractivity contribution is 0.0938. The summed E-state index contributed by atoms with van der Waals surface area (Å²) in [6.07, 6.45) is 1.69. The molecule has 1 aromatic rings. The van der Waals surface area contributed by atoms with Crippen molar-refractivity contribution in [1.29, 1.82) is 0 Å². The van der Waals surface area contributed by atoms with E-state index in [1.54, 1.807) is 12.3 Å². The average Bonchev–Trinajstić information content (AvgIpc) is 2.28. The van der Waals surface area contributed by atoms with Crippen LogP contribution in [0.15, 0.2) is 18.3 Å². The van der Waals surface area contributed by atoms with Gasteiger partial charge in [-0.25, -0.2) is 4.98 Å². The number of carbonyl (C=O) groups is 1. The van der Waals surface area contributed by atoms with Crippen LogP contribution >= 0.6 is 0 Å². The molecule has 0 bridgehead atoms. The van der Waals surface area contributed by atoms with E-state index in [-0.39, 0.29) is 11.9 Å². The molecule has 2 N–H and O–H groups in total. The number of pyridine rings is 1. The van der Waals surface area contributed by atoms with Gasteiger partial charge < -0.3 is 15.5 Å². The second kappa shape index (κ2) is 6.96. The molecule has 0 aliphatic rings. The summed E-state index contributed by atoms with van der Waals surface area (Å²) in [5, 5.41) is 6.06. The first-order valence-corrected chi connectivity index (χ1v) is 6.14. The van der Waals surface area contributed by atoms with Crippen LogP contribution in [0.1, 0.15) is 24.3 Å². The highest BCUT2D eigenvalue weighted by Gasteiger charge is 2.07. The van der Waals surface area contributed by atoms with Gasteiger partial charge in [0.25, 0.3) is 5.91 Å². The van der Waals surface area contributed by atoms with Gasteiger partial charge in [0.15, 0.2) is 0 Å². The molecule has 0 unspecified atom stereocenters. The van der Waals surface area contributed by atoms with E-state index in [2.05, 4.69) is 20.5 Å². The van der Waals surface area contributed by atoms with Crippen molar-refractivity contribution in [3.8, 4) is 0 Å². The molecule has 5 nitrogen and oxygen atoms in total. The molecule has 0 saturated carbocycles. The highest BCUT2D eigenvalue weighted by atomic mass is 16.1. The Morgan fingerprint density at radius 3 is 2.61 bits per heavy atom. The largest absolute Gasteiger partial charge is 0.383 e. The van der Waals surface area contributed by atoms with Gasteiger partial charge in [-0.3, -0.25) is 4.79 Å². The maximum absolute atomic E-state index is 11.7. The molecule has 5 heteroatoms. The summed E-state index contributed by atoms with van der Waals surface area (Å²) in [6, 6.07) is 3.73. The summed E-state index contributed by atoms with van der Waals surface area (Å²) in [5.74, 6) is -0.134. The summed E-state index contributed by atoms with van der Waals surface area (Å²) >= 11 is 0. The lowest BCUT2D eigenvalue weighted by atomic mass is 10.3. The average molecular weight is 250 g/mol. The number of rotatable bonds is 6. The van der Waals surface area contributed by atoms with Crippen LogP contribution in [0.2, 0.25) is 0 Å². The summed E-state index contributed by atoms with van der Waals surface area (Å²) < 4.78 is 0. The molecule has 18 heavy (non-hydrogen) atoms. The molecule has 0 spiro atoms. The molecule has 0 saturated heterocycles. The van der Waals surface area contributed by atoms with Crippen LogP contribution < -0.4 is 10.6 Å². The number of hydrogen-bond acceptors (Lipinski definition) is 4. The van der Waals surface area contributed by atoms with E-state index < -0.39 is 0 Å². The van der Waals surface area contributed by atoms with Crippen molar-refractivity contribution in [3.05, 3.63) is 24.0 Å². The van der Waals surface area contributed by atoms with Crippen molar-refractivity contribution in [3.63, 3.8) is 0 Å². The maximum atomic E-state index is 11.7. The van der Waals surface area contributed by atoms with Gasteiger partial charge in [0.2, 0.25) is 0 Å². The first kappa shape index (κ1) is 14.4. The number of aromatic nitrogens is 1. The zero-order chi connectivity index (χ0) is 13.5. The molecule has 1 heterocycles. The van der Waals surface area contributed by atoms with E-state index in [0.717, 1.165) is 18.8 Å². The van der Waals surface area contributed by atoms with Crippen LogP contribution in [-0.4, -0.2) is 49.0 Å². The quantitative estimate of drug-likeness (QED) is 0.796. The van der Waals surface area contributed by atoms with Crippen LogP contribution in [0.3, 0.4) is 0 Å². The summed E-state index contributed by atoms with van der Waals surface area (Å²) in [6.45, 7) is 5.66. The molecule has 100 valence electrons. The van der Waals surface area contributed by atoms with E-state index in [1.807, 2.05) is 34.0 Å². The van der Waals surface area contributed by atoms with Crippen molar-refractivity contribution in [2.24, 2.45) is 0 Å². The predicted octanol–water partition coefficient (Wildman–Crippen LogP) is 1.19. The minimum Gasteiger partial charge on any atom is -0.383 e.